The molecule has 0 aliphatic carbocycles. The molecule has 0 aliphatic heterocycles. The summed E-state index contributed by atoms with van der Waals surface area (Å²) in [4.78, 5) is 0. The van der Waals surface area contributed by atoms with Crippen LogP contribution in [0.15, 0.2) is 42.5 Å². The van der Waals surface area contributed by atoms with Gasteiger partial charge in [0, 0.05) is 5.56 Å². The number of benzene rings is 2. The maximum atomic E-state index is 10.6. The number of aliphatic hydroxyl groups is 1. The normalized spacial score (nSPS) is 13.6. The van der Waals surface area contributed by atoms with Gasteiger partial charge in [0.15, 0.2) is 0 Å². The first-order valence-electron chi connectivity index (χ1n) is 10.9. The Morgan fingerprint density at radius 2 is 1.70 bits per heavy atom. The molecule has 1 atom stereocenters. The molecule has 1 heterocycles. The zero-order chi connectivity index (χ0) is 21.9. The highest BCUT2D eigenvalue weighted by atomic mass is 16.5. The highest BCUT2D eigenvalue weighted by Crippen LogP contribution is 2.38. The standard InChI is InChI=1S/C25H35N3O2/c1-7-24(3,4)18-13-14-23(20(15-18)25(5,6)8-2)30-17-19(29)16-28-22-12-10-9-11-21(22)26-27-28/h9-15,19,29H,7-8,16-17H2,1-6H3. The molecule has 1 aromatic heterocycles. The summed E-state index contributed by atoms with van der Waals surface area (Å²) in [5.41, 5.74) is 4.36. The molecule has 0 bridgehead atoms. The van der Waals surface area contributed by atoms with Crippen molar-refractivity contribution in [3.63, 3.8) is 0 Å². The molecule has 30 heavy (non-hydrogen) atoms. The third-order valence-electron chi connectivity index (χ3n) is 6.49. The van der Waals surface area contributed by atoms with Crippen molar-refractivity contribution in [3.8, 4) is 5.75 Å². The van der Waals surface area contributed by atoms with Crippen LogP contribution >= 0.6 is 0 Å². The Morgan fingerprint density at radius 3 is 2.40 bits per heavy atom. The van der Waals surface area contributed by atoms with Gasteiger partial charge in [-0.1, -0.05) is 71.0 Å². The molecule has 0 aliphatic rings. The second-order valence-electron chi connectivity index (χ2n) is 9.41. The lowest BCUT2D eigenvalue weighted by Crippen LogP contribution is -2.26. The van der Waals surface area contributed by atoms with Crippen LogP contribution in [0.5, 0.6) is 5.75 Å². The van der Waals surface area contributed by atoms with E-state index in [4.69, 9.17) is 4.74 Å². The van der Waals surface area contributed by atoms with Crippen LogP contribution in [0, 0.1) is 0 Å². The molecule has 3 rings (SSSR count). The topological polar surface area (TPSA) is 60.2 Å². The summed E-state index contributed by atoms with van der Waals surface area (Å²) in [6, 6.07) is 14.3. The molecule has 0 saturated heterocycles. The summed E-state index contributed by atoms with van der Waals surface area (Å²) >= 11 is 0. The number of ether oxygens (including phenoxy) is 1. The van der Waals surface area contributed by atoms with Crippen LogP contribution in [0.3, 0.4) is 0 Å². The molecule has 1 N–H and O–H groups in total. The summed E-state index contributed by atoms with van der Waals surface area (Å²) in [6.07, 6.45) is 1.40. The van der Waals surface area contributed by atoms with E-state index in [1.165, 1.54) is 11.1 Å². The van der Waals surface area contributed by atoms with Crippen LogP contribution in [-0.2, 0) is 17.4 Å². The lowest BCUT2D eigenvalue weighted by Gasteiger charge is -2.30. The van der Waals surface area contributed by atoms with Gasteiger partial charge in [-0.15, -0.1) is 5.10 Å². The molecule has 5 heteroatoms. The van der Waals surface area contributed by atoms with Gasteiger partial charge in [-0.3, -0.25) is 0 Å². The second-order valence-corrected chi connectivity index (χ2v) is 9.41. The predicted molar refractivity (Wildman–Crippen MR) is 122 cm³/mol. The summed E-state index contributed by atoms with van der Waals surface area (Å²) in [7, 11) is 0. The average molecular weight is 410 g/mol. The number of hydrogen-bond acceptors (Lipinski definition) is 4. The molecular weight excluding hydrogens is 374 g/mol. The SMILES string of the molecule is CCC(C)(C)c1ccc(OCC(O)Cn2nnc3ccccc32)c(C(C)(C)CC)c1. The van der Waals surface area contributed by atoms with Crippen LogP contribution in [-0.4, -0.2) is 32.8 Å². The third-order valence-corrected chi connectivity index (χ3v) is 6.49. The number of para-hydroxylation sites is 1. The van der Waals surface area contributed by atoms with Crippen LogP contribution in [0.25, 0.3) is 11.0 Å². The first-order valence-corrected chi connectivity index (χ1v) is 10.9. The number of aliphatic hydroxyl groups excluding tert-OH is 1. The maximum Gasteiger partial charge on any atom is 0.123 e. The molecule has 0 spiro atoms. The molecule has 5 nitrogen and oxygen atoms in total. The minimum Gasteiger partial charge on any atom is -0.491 e. The average Bonchev–Trinajstić information content (AvgIpc) is 3.15. The third kappa shape index (κ3) is 4.67. The maximum absolute atomic E-state index is 10.6. The minimum atomic E-state index is -0.681. The monoisotopic (exact) mass is 409 g/mol. The van der Waals surface area contributed by atoms with Gasteiger partial charge in [0.1, 0.15) is 24.0 Å². The van der Waals surface area contributed by atoms with E-state index in [-0.39, 0.29) is 17.4 Å². The smallest absolute Gasteiger partial charge is 0.123 e. The van der Waals surface area contributed by atoms with Gasteiger partial charge in [0.05, 0.1) is 12.1 Å². The molecule has 3 aromatic rings. The van der Waals surface area contributed by atoms with Crippen LogP contribution < -0.4 is 4.74 Å². The first kappa shape index (κ1) is 22.3. The number of fused-ring (bicyclic) bond motifs is 1. The molecule has 0 amide bonds. The van der Waals surface area contributed by atoms with E-state index in [1.54, 1.807) is 4.68 Å². The molecule has 0 radical (unpaired) electrons. The Bertz CT molecular complexity index is 991. The quantitative estimate of drug-likeness (QED) is 0.525. The highest BCUT2D eigenvalue weighted by Gasteiger charge is 2.27. The summed E-state index contributed by atoms with van der Waals surface area (Å²) in [5.74, 6) is 0.847. The van der Waals surface area contributed by atoms with Gasteiger partial charge < -0.3 is 9.84 Å². The number of aromatic nitrogens is 3. The van der Waals surface area contributed by atoms with Crippen molar-refractivity contribution in [3.05, 3.63) is 53.6 Å². The van der Waals surface area contributed by atoms with Gasteiger partial charge in [-0.2, -0.15) is 0 Å². The van der Waals surface area contributed by atoms with E-state index in [0.29, 0.717) is 6.54 Å². The van der Waals surface area contributed by atoms with Gasteiger partial charge in [0.2, 0.25) is 0 Å². The zero-order valence-corrected chi connectivity index (χ0v) is 19.1. The fraction of sp³-hybridized carbons (Fsp3) is 0.520. The summed E-state index contributed by atoms with van der Waals surface area (Å²) in [6.45, 7) is 14.0. The largest absolute Gasteiger partial charge is 0.491 e. The van der Waals surface area contributed by atoms with E-state index in [9.17, 15) is 5.11 Å². The summed E-state index contributed by atoms with van der Waals surface area (Å²) < 4.78 is 7.87. The fourth-order valence-electron chi connectivity index (χ4n) is 3.49. The Kier molecular flexibility index (Phi) is 6.51. The van der Waals surface area contributed by atoms with E-state index in [0.717, 1.165) is 29.6 Å². The van der Waals surface area contributed by atoms with Gasteiger partial charge in [-0.25, -0.2) is 4.68 Å². The molecular formula is C25H35N3O2. The molecule has 162 valence electrons. The van der Waals surface area contributed by atoms with E-state index in [2.05, 4.69) is 70.1 Å². The summed E-state index contributed by atoms with van der Waals surface area (Å²) in [5, 5.41) is 18.9. The predicted octanol–water partition coefficient (Wildman–Crippen LogP) is 5.25. The lowest BCUT2D eigenvalue weighted by molar-refractivity contribution is 0.0888. The van der Waals surface area contributed by atoms with Gasteiger partial charge >= 0.3 is 0 Å². The van der Waals surface area contributed by atoms with Crippen molar-refractivity contribution in [2.75, 3.05) is 6.61 Å². The van der Waals surface area contributed by atoms with Gasteiger partial charge in [-0.05, 0) is 47.4 Å². The lowest BCUT2D eigenvalue weighted by atomic mass is 9.76. The Morgan fingerprint density at radius 1 is 1.00 bits per heavy atom. The molecule has 0 saturated carbocycles. The van der Waals surface area contributed by atoms with Gasteiger partial charge in [0.25, 0.3) is 0 Å². The Balaban J connectivity index is 1.78. The Hall–Kier alpha value is -2.40. The van der Waals surface area contributed by atoms with Crippen molar-refractivity contribution in [2.24, 2.45) is 0 Å². The van der Waals surface area contributed by atoms with Crippen LogP contribution in [0.1, 0.15) is 65.5 Å². The van der Waals surface area contributed by atoms with Crippen molar-refractivity contribution >= 4 is 11.0 Å². The first-order chi connectivity index (χ1) is 14.2. The van der Waals surface area contributed by atoms with Crippen LogP contribution in [0.2, 0.25) is 0 Å². The second kappa shape index (κ2) is 8.76. The van der Waals surface area contributed by atoms with E-state index >= 15 is 0 Å². The van der Waals surface area contributed by atoms with Crippen molar-refractivity contribution in [1.29, 1.82) is 0 Å². The van der Waals surface area contributed by atoms with Crippen molar-refractivity contribution in [1.82, 2.24) is 15.0 Å². The van der Waals surface area contributed by atoms with E-state index in [1.807, 2.05) is 24.3 Å². The minimum absolute atomic E-state index is 0.0117. The zero-order valence-electron chi connectivity index (χ0n) is 19.1. The molecule has 2 aromatic carbocycles. The Labute approximate surface area is 180 Å². The van der Waals surface area contributed by atoms with Crippen molar-refractivity contribution in [2.45, 2.75) is 77.9 Å². The van der Waals surface area contributed by atoms with E-state index < -0.39 is 6.10 Å². The number of nitrogens with zero attached hydrogens (tertiary/aromatic N) is 3. The van der Waals surface area contributed by atoms with Crippen molar-refractivity contribution < 1.29 is 9.84 Å². The molecule has 1 unspecified atom stereocenters. The number of rotatable bonds is 9. The highest BCUT2D eigenvalue weighted by molar-refractivity contribution is 5.73. The van der Waals surface area contributed by atoms with Crippen LogP contribution in [0.4, 0.5) is 0 Å². The molecule has 0 fully saturated rings. The number of hydrogen-bond donors (Lipinski definition) is 1. The fourth-order valence-corrected chi connectivity index (χ4v) is 3.49.